The van der Waals surface area contributed by atoms with Crippen LogP contribution < -0.4 is 0 Å². The second-order valence-electron chi connectivity index (χ2n) is 7.73. The Morgan fingerprint density at radius 1 is 0.333 bits per heavy atom. The van der Waals surface area contributed by atoms with Crippen molar-refractivity contribution in [2.45, 2.75) is 130 Å². The summed E-state index contributed by atoms with van der Waals surface area (Å²) >= 11 is 0. The SMILES string of the molecule is CC(O)CC(C)O.CC(O)CC(C)O.CC(O)CC(C)O.CC(O)CC(C)O.CO.O.[Hf].[Hf]. The van der Waals surface area contributed by atoms with Crippen molar-refractivity contribution >= 4 is 0 Å². The topological polar surface area (TPSA) is 214 Å². The molecule has 8 unspecified atom stereocenters. The molecule has 0 aromatic heterocycles. The van der Waals surface area contributed by atoms with Crippen LogP contribution in [0.1, 0.15) is 81.1 Å². The van der Waals surface area contributed by atoms with Gasteiger partial charge in [-0.15, -0.1) is 0 Å². The van der Waals surface area contributed by atoms with Gasteiger partial charge in [0.25, 0.3) is 0 Å². The second kappa shape index (κ2) is 40.5. The summed E-state index contributed by atoms with van der Waals surface area (Å²) in [7, 11) is 1.00. The minimum atomic E-state index is -0.375. The van der Waals surface area contributed by atoms with E-state index in [1.807, 2.05) is 0 Å². The van der Waals surface area contributed by atoms with Gasteiger partial charge in [0.15, 0.2) is 0 Å². The van der Waals surface area contributed by atoms with Crippen molar-refractivity contribution in [2.75, 3.05) is 7.11 Å². The molecule has 0 heterocycles. The van der Waals surface area contributed by atoms with Gasteiger partial charge in [0.1, 0.15) is 0 Å². The van der Waals surface area contributed by atoms with Crippen LogP contribution in [-0.4, -0.2) is 107 Å². The van der Waals surface area contributed by atoms with Crippen molar-refractivity contribution in [1.29, 1.82) is 0 Å². The second-order valence-corrected chi connectivity index (χ2v) is 7.73. The third-order valence-corrected chi connectivity index (χ3v) is 2.73. The van der Waals surface area contributed by atoms with Gasteiger partial charge in [-0.05, 0) is 81.1 Å². The fraction of sp³-hybridized carbons (Fsp3) is 1.00. The number of hydrogen-bond acceptors (Lipinski definition) is 9. The van der Waals surface area contributed by atoms with E-state index in [0.717, 1.165) is 7.11 Å². The zero-order chi connectivity index (χ0) is 25.4. The minimum Gasteiger partial charge on any atom is -0.412 e. The van der Waals surface area contributed by atoms with E-state index in [9.17, 15) is 0 Å². The molecule has 0 amide bonds. The number of rotatable bonds is 8. The molecule has 0 aliphatic rings. The molecule has 0 aromatic rings. The van der Waals surface area contributed by atoms with Crippen molar-refractivity contribution < 1.29 is 103 Å². The maximum Gasteiger partial charge on any atom is 0.0536 e. The fourth-order valence-corrected chi connectivity index (χ4v) is 1.97. The molecule has 8 atom stereocenters. The summed E-state index contributed by atoms with van der Waals surface area (Å²) in [6.07, 6.45) is -1.11. The zero-order valence-corrected chi connectivity index (χ0v) is 29.2. The Hall–Kier alpha value is 1.34. The number of aliphatic hydroxyl groups is 9. The van der Waals surface area contributed by atoms with E-state index in [0.29, 0.717) is 25.7 Å². The molecule has 0 aliphatic heterocycles. The molecule has 0 bridgehead atoms. The number of hydrogen-bond donors (Lipinski definition) is 9. The molecule has 0 radical (unpaired) electrons. The molecular weight excluding hydrogens is 769 g/mol. The van der Waals surface area contributed by atoms with Crippen LogP contribution in [0.3, 0.4) is 0 Å². The van der Waals surface area contributed by atoms with Gasteiger partial charge in [-0.1, -0.05) is 0 Å². The summed E-state index contributed by atoms with van der Waals surface area (Å²) < 4.78 is 0. The van der Waals surface area contributed by atoms with Crippen LogP contribution in [0.4, 0.5) is 0 Å². The van der Waals surface area contributed by atoms with Gasteiger partial charge in [0.2, 0.25) is 0 Å². The predicted octanol–water partition coefficient (Wildman–Crippen LogP) is -0.669. The minimum absolute atomic E-state index is 0. The zero-order valence-electron chi connectivity index (χ0n) is 22.0. The van der Waals surface area contributed by atoms with Crippen LogP contribution in [-0.2, 0) is 51.7 Å². The van der Waals surface area contributed by atoms with E-state index < -0.39 is 0 Å². The van der Waals surface area contributed by atoms with Crippen molar-refractivity contribution in [3.8, 4) is 0 Å². The Morgan fingerprint density at radius 3 is 0.394 bits per heavy atom. The monoisotopic (exact) mass is 826 g/mol. The van der Waals surface area contributed by atoms with Crippen LogP contribution in [0.5, 0.6) is 0 Å². The first kappa shape index (κ1) is 55.0. The average molecular weight is 824 g/mol. The van der Waals surface area contributed by atoms with E-state index >= 15 is 0 Å². The predicted molar refractivity (Wildman–Crippen MR) is 124 cm³/mol. The van der Waals surface area contributed by atoms with Crippen LogP contribution in [0.25, 0.3) is 0 Å². The van der Waals surface area contributed by atoms with E-state index in [4.69, 9.17) is 46.0 Å². The smallest absolute Gasteiger partial charge is 0.0536 e. The van der Waals surface area contributed by atoms with Crippen LogP contribution in [0.15, 0.2) is 0 Å². The molecule has 12 heteroatoms. The molecule has 10 nitrogen and oxygen atoms in total. The van der Waals surface area contributed by atoms with Gasteiger partial charge < -0.3 is 51.4 Å². The van der Waals surface area contributed by atoms with Gasteiger partial charge in [0.05, 0.1) is 48.8 Å². The third-order valence-electron chi connectivity index (χ3n) is 2.73. The quantitative estimate of drug-likeness (QED) is 0.142. The molecule has 0 spiro atoms. The Morgan fingerprint density at radius 2 is 0.394 bits per heavy atom. The van der Waals surface area contributed by atoms with Gasteiger partial charge >= 0.3 is 0 Å². The first-order valence-electron chi connectivity index (χ1n) is 10.4. The van der Waals surface area contributed by atoms with Crippen LogP contribution in [0.2, 0.25) is 0 Å². The summed E-state index contributed by atoms with van der Waals surface area (Å²) in [5, 5.41) is 75.5. The van der Waals surface area contributed by atoms with Crippen LogP contribution >= 0.6 is 0 Å². The first-order valence-corrected chi connectivity index (χ1v) is 10.4. The summed E-state index contributed by atoms with van der Waals surface area (Å²) in [6, 6.07) is 0. The van der Waals surface area contributed by atoms with Crippen LogP contribution in [0, 0.1) is 0 Å². The first-order chi connectivity index (χ1) is 13.5. The Kier molecular flexibility index (Phi) is 67.5. The molecule has 206 valence electrons. The standard InChI is InChI=1S/4C5H12O2.CH4O.2Hf.H2O/c4*1-4(6)3-5(2)7;1-2;;;/h4*4-7H,3H2,1-2H3;2H,1H3;;;1H2. The van der Waals surface area contributed by atoms with Crippen molar-refractivity contribution in [3.05, 3.63) is 0 Å². The largest absolute Gasteiger partial charge is 0.412 e. The molecule has 0 aliphatic carbocycles. The normalized spacial score (nSPS) is 16.2. The molecule has 0 rings (SSSR count). The van der Waals surface area contributed by atoms with E-state index in [1.54, 1.807) is 55.4 Å². The molecule has 0 aromatic carbocycles. The van der Waals surface area contributed by atoms with Crippen molar-refractivity contribution in [2.24, 2.45) is 0 Å². The van der Waals surface area contributed by atoms with E-state index in [1.165, 1.54) is 0 Å². The molecule has 11 N–H and O–H groups in total. The molecule has 0 saturated carbocycles. The fourth-order valence-electron chi connectivity index (χ4n) is 1.97. The van der Waals surface area contributed by atoms with Gasteiger partial charge in [-0.3, -0.25) is 0 Å². The van der Waals surface area contributed by atoms with Crippen molar-refractivity contribution in [1.82, 2.24) is 0 Å². The van der Waals surface area contributed by atoms with Gasteiger partial charge in [-0.2, -0.15) is 0 Å². The third kappa shape index (κ3) is 109. The molecular formula is C21H54Hf2O10. The summed E-state index contributed by atoms with van der Waals surface area (Å²) in [5.41, 5.74) is 0. The number of aliphatic hydroxyl groups excluding tert-OH is 9. The summed E-state index contributed by atoms with van der Waals surface area (Å²) in [5.74, 6) is 0. The summed E-state index contributed by atoms with van der Waals surface area (Å²) in [4.78, 5) is 0. The maximum atomic E-state index is 8.56. The van der Waals surface area contributed by atoms with E-state index in [2.05, 4.69) is 0 Å². The van der Waals surface area contributed by atoms with E-state index in [-0.39, 0.29) is 106 Å². The molecule has 0 saturated heterocycles. The Labute approximate surface area is 239 Å². The van der Waals surface area contributed by atoms with Gasteiger partial charge in [0, 0.05) is 58.8 Å². The molecule has 33 heavy (non-hydrogen) atoms. The Bertz CT molecular complexity index is 212. The van der Waals surface area contributed by atoms with Crippen molar-refractivity contribution in [3.63, 3.8) is 0 Å². The van der Waals surface area contributed by atoms with Gasteiger partial charge in [-0.25, -0.2) is 0 Å². The Balaban J connectivity index is -0.0000000398. The average Bonchev–Trinajstić information content (AvgIpc) is 2.45. The maximum absolute atomic E-state index is 8.56. The molecule has 0 fully saturated rings. The summed E-state index contributed by atoms with van der Waals surface area (Å²) in [6.45, 7) is 13.3.